The first-order valence-electron chi connectivity index (χ1n) is 6.71. The summed E-state index contributed by atoms with van der Waals surface area (Å²) in [7, 11) is 0. The number of nitrogens with two attached hydrogens (primary N) is 1. The molecule has 0 fully saturated rings. The number of aryl methyl sites for hydroxylation is 2. The van der Waals surface area contributed by atoms with Gasteiger partial charge >= 0.3 is 0 Å². The Hall–Kier alpha value is -2.09. The van der Waals surface area contributed by atoms with Crippen LogP contribution in [0.1, 0.15) is 32.6 Å². The smallest absolute Gasteiger partial charge is 0.251 e. The van der Waals surface area contributed by atoms with Crippen molar-refractivity contribution in [1.82, 2.24) is 5.32 Å². The topological polar surface area (TPSA) is 55.1 Å². The molecule has 0 unspecified atom stereocenters. The first kappa shape index (κ1) is 15.3. The number of benzene rings is 1. The summed E-state index contributed by atoms with van der Waals surface area (Å²) in [5, 5.41) is 7.10. The summed E-state index contributed by atoms with van der Waals surface area (Å²) in [5.41, 5.74) is 10.1. The lowest BCUT2D eigenvalue weighted by atomic mass is 10.0. The average molecular weight is 298 g/mol. The molecule has 1 aromatic carbocycles. The van der Waals surface area contributed by atoms with E-state index in [9.17, 15) is 4.79 Å². The molecule has 3 nitrogen and oxygen atoms in total. The Morgan fingerprint density at radius 1 is 1.29 bits per heavy atom. The Morgan fingerprint density at radius 2 is 2.10 bits per heavy atom. The fourth-order valence-corrected chi connectivity index (χ4v) is 2.79. The third kappa shape index (κ3) is 3.94. The summed E-state index contributed by atoms with van der Waals surface area (Å²) in [4.78, 5) is 12.3. The summed E-state index contributed by atoms with van der Waals surface area (Å²) in [6.07, 6.45) is 0. The SMILES string of the molecule is Cc1cscc1CNC(=O)c1cc(C#CCN)ccc1C. The van der Waals surface area contributed by atoms with Crippen molar-refractivity contribution in [3.8, 4) is 11.8 Å². The second-order valence-electron chi connectivity index (χ2n) is 4.80. The number of nitrogens with one attached hydrogen (secondary N) is 1. The van der Waals surface area contributed by atoms with Crippen molar-refractivity contribution < 1.29 is 4.79 Å². The van der Waals surface area contributed by atoms with Crippen molar-refractivity contribution in [1.29, 1.82) is 0 Å². The highest BCUT2D eigenvalue weighted by atomic mass is 32.1. The number of carbonyl (C=O) groups is 1. The molecule has 0 atom stereocenters. The highest BCUT2D eigenvalue weighted by Gasteiger charge is 2.10. The minimum Gasteiger partial charge on any atom is -0.348 e. The zero-order valence-corrected chi connectivity index (χ0v) is 13.0. The van der Waals surface area contributed by atoms with Crippen molar-refractivity contribution in [3.05, 3.63) is 56.8 Å². The molecule has 0 aliphatic heterocycles. The van der Waals surface area contributed by atoms with E-state index < -0.39 is 0 Å². The van der Waals surface area contributed by atoms with Crippen LogP contribution >= 0.6 is 11.3 Å². The summed E-state index contributed by atoms with van der Waals surface area (Å²) >= 11 is 1.65. The van der Waals surface area contributed by atoms with Crippen LogP contribution in [-0.2, 0) is 6.54 Å². The van der Waals surface area contributed by atoms with Gasteiger partial charge in [0.15, 0.2) is 0 Å². The zero-order chi connectivity index (χ0) is 15.2. The van der Waals surface area contributed by atoms with Crippen LogP contribution in [0.2, 0.25) is 0 Å². The molecule has 1 amide bonds. The molecule has 3 N–H and O–H groups in total. The van der Waals surface area contributed by atoms with Gasteiger partial charge in [-0.3, -0.25) is 4.79 Å². The van der Waals surface area contributed by atoms with Gasteiger partial charge in [0.1, 0.15) is 0 Å². The Balaban J connectivity index is 2.13. The van der Waals surface area contributed by atoms with Gasteiger partial charge in [0.2, 0.25) is 0 Å². The fraction of sp³-hybridized carbons (Fsp3) is 0.235. The van der Waals surface area contributed by atoms with Gasteiger partial charge in [-0.25, -0.2) is 0 Å². The molecule has 0 saturated heterocycles. The summed E-state index contributed by atoms with van der Waals surface area (Å²) < 4.78 is 0. The number of rotatable bonds is 3. The lowest BCUT2D eigenvalue weighted by Crippen LogP contribution is -2.23. The molecule has 21 heavy (non-hydrogen) atoms. The Bertz CT molecular complexity index is 707. The van der Waals surface area contributed by atoms with E-state index in [4.69, 9.17) is 5.73 Å². The second kappa shape index (κ2) is 7.07. The van der Waals surface area contributed by atoms with Crippen LogP contribution in [-0.4, -0.2) is 12.5 Å². The van der Waals surface area contributed by atoms with Gasteiger partial charge in [-0.15, -0.1) is 0 Å². The molecule has 0 saturated carbocycles. The highest BCUT2D eigenvalue weighted by molar-refractivity contribution is 7.08. The maximum absolute atomic E-state index is 12.3. The summed E-state index contributed by atoms with van der Waals surface area (Å²) in [6.45, 7) is 4.83. The van der Waals surface area contributed by atoms with Gasteiger partial charge in [-0.2, -0.15) is 11.3 Å². The van der Waals surface area contributed by atoms with Gasteiger partial charge in [-0.05, 0) is 53.4 Å². The van der Waals surface area contributed by atoms with Crippen molar-refractivity contribution >= 4 is 17.2 Å². The van der Waals surface area contributed by atoms with E-state index in [1.807, 2.05) is 32.0 Å². The molecule has 0 radical (unpaired) electrons. The van der Waals surface area contributed by atoms with E-state index in [1.165, 1.54) is 5.56 Å². The molecule has 4 heteroatoms. The Morgan fingerprint density at radius 3 is 2.76 bits per heavy atom. The van der Waals surface area contributed by atoms with Gasteiger partial charge in [0.05, 0.1) is 6.54 Å². The normalized spacial score (nSPS) is 9.86. The maximum Gasteiger partial charge on any atom is 0.251 e. The average Bonchev–Trinajstić information content (AvgIpc) is 2.89. The van der Waals surface area contributed by atoms with Crippen molar-refractivity contribution in [2.75, 3.05) is 6.54 Å². The van der Waals surface area contributed by atoms with E-state index in [0.717, 1.165) is 16.7 Å². The van der Waals surface area contributed by atoms with Crippen molar-refractivity contribution in [2.45, 2.75) is 20.4 Å². The number of thiophene rings is 1. The molecule has 108 valence electrons. The van der Waals surface area contributed by atoms with Crippen LogP contribution in [0.15, 0.2) is 29.0 Å². The van der Waals surface area contributed by atoms with E-state index in [0.29, 0.717) is 18.7 Å². The van der Waals surface area contributed by atoms with E-state index in [-0.39, 0.29) is 5.91 Å². The predicted octanol–water partition coefficient (Wildman–Crippen LogP) is 2.61. The van der Waals surface area contributed by atoms with Crippen molar-refractivity contribution in [2.24, 2.45) is 5.73 Å². The third-order valence-corrected chi connectivity index (χ3v) is 4.13. The fourth-order valence-electron chi connectivity index (χ4n) is 1.94. The molecule has 0 bridgehead atoms. The molecular formula is C17H18N2OS. The lowest BCUT2D eigenvalue weighted by Gasteiger charge is -2.08. The van der Waals surface area contributed by atoms with Crippen LogP contribution < -0.4 is 11.1 Å². The first-order valence-corrected chi connectivity index (χ1v) is 7.65. The zero-order valence-electron chi connectivity index (χ0n) is 12.2. The van der Waals surface area contributed by atoms with Crippen LogP contribution in [0.4, 0.5) is 0 Å². The standard InChI is InChI=1S/C17H18N2OS/c1-12-5-6-14(4-3-7-18)8-16(12)17(20)19-9-15-11-21-10-13(15)2/h5-6,8,10-11H,7,9,18H2,1-2H3,(H,19,20). The van der Waals surface area contributed by atoms with Crippen LogP contribution in [0, 0.1) is 25.7 Å². The van der Waals surface area contributed by atoms with E-state index in [1.54, 1.807) is 11.3 Å². The van der Waals surface area contributed by atoms with Gasteiger partial charge in [0, 0.05) is 17.7 Å². The summed E-state index contributed by atoms with van der Waals surface area (Å²) in [6, 6.07) is 5.62. The Labute approximate surface area is 129 Å². The van der Waals surface area contributed by atoms with Gasteiger partial charge < -0.3 is 11.1 Å². The second-order valence-corrected chi connectivity index (χ2v) is 5.54. The van der Waals surface area contributed by atoms with E-state index in [2.05, 4.69) is 27.9 Å². The molecule has 2 aromatic rings. The Kier molecular flexibility index (Phi) is 5.15. The molecule has 0 aliphatic rings. The quantitative estimate of drug-likeness (QED) is 0.856. The summed E-state index contributed by atoms with van der Waals surface area (Å²) in [5.74, 6) is 5.68. The third-order valence-electron chi connectivity index (χ3n) is 3.22. The largest absolute Gasteiger partial charge is 0.348 e. The monoisotopic (exact) mass is 298 g/mol. The lowest BCUT2D eigenvalue weighted by molar-refractivity contribution is 0.0950. The molecule has 2 rings (SSSR count). The molecule has 1 heterocycles. The van der Waals surface area contributed by atoms with Crippen molar-refractivity contribution in [3.63, 3.8) is 0 Å². The number of hydrogen-bond acceptors (Lipinski definition) is 3. The van der Waals surface area contributed by atoms with E-state index >= 15 is 0 Å². The predicted molar refractivity (Wildman–Crippen MR) is 87.3 cm³/mol. The molecule has 0 spiro atoms. The maximum atomic E-state index is 12.3. The first-order chi connectivity index (χ1) is 10.1. The minimum atomic E-state index is -0.0745. The number of carbonyl (C=O) groups excluding carboxylic acids is 1. The van der Waals surface area contributed by atoms with Crippen LogP contribution in [0.3, 0.4) is 0 Å². The molecule has 1 aromatic heterocycles. The minimum absolute atomic E-state index is 0.0745. The van der Waals surface area contributed by atoms with Gasteiger partial charge in [-0.1, -0.05) is 17.9 Å². The number of amides is 1. The van der Waals surface area contributed by atoms with Crippen LogP contribution in [0.25, 0.3) is 0 Å². The molecular weight excluding hydrogens is 280 g/mol. The van der Waals surface area contributed by atoms with Gasteiger partial charge in [0.25, 0.3) is 5.91 Å². The number of hydrogen-bond donors (Lipinski definition) is 2. The van der Waals surface area contributed by atoms with Crippen LogP contribution in [0.5, 0.6) is 0 Å². The highest BCUT2D eigenvalue weighted by Crippen LogP contribution is 2.14. The molecule has 0 aliphatic carbocycles.